The van der Waals surface area contributed by atoms with Crippen molar-refractivity contribution < 1.29 is 8.42 Å². The molecule has 0 aliphatic heterocycles. The van der Waals surface area contributed by atoms with Crippen LogP contribution in [-0.2, 0) is 17.1 Å². The summed E-state index contributed by atoms with van der Waals surface area (Å²) in [6.07, 6.45) is 4.85. The predicted octanol–water partition coefficient (Wildman–Crippen LogP) is 3.74. The maximum Gasteiger partial charge on any atom is 0.269 e. The van der Waals surface area contributed by atoms with Gasteiger partial charge in [0, 0.05) is 30.4 Å². The number of hydrogen-bond acceptors (Lipinski definition) is 4. The number of imidazole rings is 1. The van der Waals surface area contributed by atoms with Gasteiger partial charge in [0.05, 0.1) is 11.1 Å². The smallest absolute Gasteiger partial charge is 0.269 e. The van der Waals surface area contributed by atoms with Gasteiger partial charge in [0.25, 0.3) is 10.0 Å². The van der Waals surface area contributed by atoms with E-state index in [0.717, 1.165) is 15.6 Å². The van der Waals surface area contributed by atoms with Crippen LogP contribution in [0.15, 0.2) is 64.5 Å². The lowest BCUT2D eigenvalue weighted by atomic mass is 10.2. The summed E-state index contributed by atoms with van der Waals surface area (Å²) >= 11 is 3.43. The minimum absolute atomic E-state index is 0.221. The van der Waals surface area contributed by atoms with Gasteiger partial charge in [0.1, 0.15) is 10.4 Å². The van der Waals surface area contributed by atoms with Gasteiger partial charge >= 0.3 is 0 Å². The summed E-state index contributed by atoms with van der Waals surface area (Å²) < 4.78 is 30.2. The van der Waals surface area contributed by atoms with E-state index >= 15 is 0 Å². The molecule has 0 fully saturated rings. The fourth-order valence-corrected chi connectivity index (χ4v) is 4.45. The van der Waals surface area contributed by atoms with Crippen molar-refractivity contribution >= 4 is 37.0 Å². The number of pyridine rings is 1. The number of aromatic nitrogens is 4. The molecule has 6 nitrogen and oxygen atoms in total. The lowest BCUT2D eigenvalue weighted by Gasteiger charge is -2.07. The molecule has 0 saturated heterocycles. The SMILES string of the molecule is Cc1ccc(S(=O)(=O)n2cc(-c3ncc(Br)n3C)c3cccnc32)cc1. The second kappa shape index (κ2) is 6.07. The Morgan fingerprint density at radius 1 is 1.08 bits per heavy atom. The van der Waals surface area contributed by atoms with Crippen molar-refractivity contribution in [3.05, 3.63) is 65.2 Å². The molecular weight excluding hydrogens is 416 g/mol. The third-order valence-corrected chi connectivity index (χ3v) is 6.68. The van der Waals surface area contributed by atoms with E-state index in [4.69, 9.17) is 0 Å². The van der Waals surface area contributed by atoms with E-state index in [2.05, 4.69) is 25.9 Å². The monoisotopic (exact) mass is 430 g/mol. The van der Waals surface area contributed by atoms with Crippen LogP contribution in [-0.4, -0.2) is 26.9 Å². The Balaban J connectivity index is 2.00. The molecule has 26 heavy (non-hydrogen) atoms. The molecule has 0 spiro atoms. The Kier molecular flexibility index (Phi) is 3.96. The Bertz CT molecular complexity index is 1220. The summed E-state index contributed by atoms with van der Waals surface area (Å²) in [6, 6.07) is 10.4. The zero-order valence-corrected chi connectivity index (χ0v) is 16.5. The number of benzene rings is 1. The van der Waals surface area contributed by atoms with Crippen LogP contribution in [0.25, 0.3) is 22.4 Å². The molecule has 0 atom stereocenters. The Labute approximate surface area is 159 Å². The number of halogens is 1. The number of rotatable bonds is 3. The zero-order chi connectivity index (χ0) is 18.5. The van der Waals surface area contributed by atoms with Crippen molar-refractivity contribution in [2.24, 2.45) is 7.05 Å². The molecule has 132 valence electrons. The normalized spacial score (nSPS) is 12.0. The third-order valence-electron chi connectivity index (χ3n) is 4.28. The highest BCUT2D eigenvalue weighted by Crippen LogP contribution is 2.32. The molecule has 0 radical (unpaired) electrons. The Morgan fingerprint density at radius 3 is 2.46 bits per heavy atom. The molecule has 0 bridgehead atoms. The van der Waals surface area contributed by atoms with E-state index in [1.807, 2.05) is 24.6 Å². The summed E-state index contributed by atoms with van der Waals surface area (Å²) in [6.45, 7) is 1.92. The molecule has 1 aromatic carbocycles. The van der Waals surface area contributed by atoms with Crippen molar-refractivity contribution in [3.63, 3.8) is 0 Å². The average Bonchev–Trinajstić information content (AvgIpc) is 3.17. The molecule has 3 heterocycles. The molecule has 0 saturated carbocycles. The van der Waals surface area contributed by atoms with Gasteiger partial charge < -0.3 is 4.57 Å². The van der Waals surface area contributed by atoms with Crippen LogP contribution in [0.2, 0.25) is 0 Å². The average molecular weight is 431 g/mol. The van der Waals surface area contributed by atoms with Crippen LogP contribution in [0.4, 0.5) is 0 Å². The first-order chi connectivity index (χ1) is 12.4. The molecule has 3 aromatic heterocycles. The van der Waals surface area contributed by atoms with Crippen LogP contribution >= 0.6 is 15.9 Å². The van der Waals surface area contributed by atoms with Gasteiger partial charge in [-0.05, 0) is 47.1 Å². The fraction of sp³-hybridized carbons (Fsp3) is 0.111. The highest BCUT2D eigenvalue weighted by Gasteiger charge is 2.24. The fourth-order valence-electron chi connectivity index (χ4n) is 2.85. The maximum absolute atomic E-state index is 13.2. The van der Waals surface area contributed by atoms with Crippen molar-refractivity contribution in [3.8, 4) is 11.4 Å². The largest absolute Gasteiger partial charge is 0.322 e. The lowest BCUT2D eigenvalue weighted by molar-refractivity contribution is 0.589. The first-order valence-electron chi connectivity index (χ1n) is 7.85. The van der Waals surface area contributed by atoms with Crippen LogP contribution < -0.4 is 0 Å². The first kappa shape index (κ1) is 17.0. The van der Waals surface area contributed by atoms with Crippen molar-refractivity contribution in [2.45, 2.75) is 11.8 Å². The standard InChI is InChI=1S/C18H15BrN4O2S/c1-12-5-7-13(8-6-12)26(24,25)23-11-15(14-4-3-9-20-18(14)23)17-21-10-16(19)22(17)2/h3-11H,1-2H3. The Morgan fingerprint density at radius 2 is 1.81 bits per heavy atom. The number of nitrogens with zero attached hydrogens (tertiary/aromatic N) is 4. The molecule has 4 rings (SSSR count). The van der Waals surface area contributed by atoms with Crippen LogP contribution in [0.3, 0.4) is 0 Å². The summed E-state index contributed by atoms with van der Waals surface area (Å²) in [5.74, 6) is 0.660. The second-order valence-corrected chi connectivity index (χ2v) is 8.62. The van der Waals surface area contributed by atoms with Gasteiger partial charge in [-0.25, -0.2) is 22.4 Å². The van der Waals surface area contributed by atoms with Crippen LogP contribution in [0, 0.1) is 6.92 Å². The second-order valence-electron chi connectivity index (χ2n) is 5.99. The number of hydrogen-bond donors (Lipinski definition) is 0. The van der Waals surface area contributed by atoms with Gasteiger partial charge in [-0.1, -0.05) is 17.7 Å². The van der Waals surface area contributed by atoms with E-state index in [9.17, 15) is 8.42 Å². The van der Waals surface area contributed by atoms with Crippen molar-refractivity contribution in [1.82, 2.24) is 18.5 Å². The highest BCUT2D eigenvalue weighted by atomic mass is 79.9. The molecule has 0 aliphatic rings. The highest BCUT2D eigenvalue weighted by molar-refractivity contribution is 9.10. The first-order valence-corrected chi connectivity index (χ1v) is 10.1. The van der Waals surface area contributed by atoms with Gasteiger partial charge in [0.15, 0.2) is 5.65 Å². The Hall–Kier alpha value is -2.45. The minimum Gasteiger partial charge on any atom is -0.322 e. The molecular formula is C18H15BrN4O2S. The third kappa shape index (κ3) is 2.57. The summed E-state index contributed by atoms with van der Waals surface area (Å²) in [5.41, 5.74) is 2.08. The summed E-state index contributed by atoms with van der Waals surface area (Å²) in [7, 11) is -1.91. The topological polar surface area (TPSA) is 69.8 Å². The quantitative estimate of drug-likeness (QED) is 0.496. The van der Waals surface area contributed by atoms with Gasteiger partial charge in [0.2, 0.25) is 0 Å². The zero-order valence-electron chi connectivity index (χ0n) is 14.1. The van der Waals surface area contributed by atoms with Crippen molar-refractivity contribution in [1.29, 1.82) is 0 Å². The van der Waals surface area contributed by atoms with E-state index in [-0.39, 0.29) is 4.90 Å². The van der Waals surface area contributed by atoms with E-state index in [1.165, 1.54) is 3.97 Å². The van der Waals surface area contributed by atoms with Crippen molar-refractivity contribution in [2.75, 3.05) is 0 Å². The van der Waals surface area contributed by atoms with Gasteiger partial charge in [-0.15, -0.1) is 0 Å². The van der Waals surface area contributed by atoms with Crippen LogP contribution in [0.1, 0.15) is 5.56 Å². The molecule has 0 aliphatic carbocycles. The van der Waals surface area contributed by atoms with E-state index < -0.39 is 10.0 Å². The van der Waals surface area contributed by atoms with E-state index in [1.54, 1.807) is 48.9 Å². The minimum atomic E-state index is -3.77. The maximum atomic E-state index is 13.2. The molecule has 0 unspecified atom stereocenters. The summed E-state index contributed by atoms with van der Waals surface area (Å²) in [4.78, 5) is 8.92. The lowest BCUT2D eigenvalue weighted by Crippen LogP contribution is -2.12. The molecule has 0 N–H and O–H groups in total. The van der Waals surface area contributed by atoms with Crippen LogP contribution in [0.5, 0.6) is 0 Å². The predicted molar refractivity (Wildman–Crippen MR) is 103 cm³/mol. The number of fused-ring (bicyclic) bond motifs is 1. The molecule has 8 heteroatoms. The van der Waals surface area contributed by atoms with E-state index in [0.29, 0.717) is 17.0 Å². The summed E-state index contributed by atoms with van der Waals surface area (Å²) in [5, 5.41) is 0.726. The van der Waals surface area contributed by atoms with Gasteiger partial charge in [-0.3, -0.25) is 0 Å². The molecule has 4 aromatic rings. The molecule has 0 amide bonds. The number of aryl methyl sites for hydroxylation is 1. The van der Waals surface area contributed by atoms with Gasteiger partial charge in [-0.2, -0.15) is 0 Å².